The first-order chi connectivity index (χ1) is 14.9. The van der Waals surface area contributed by atoms with Crippen LogP contribution in [0.25, 0.3) is 11.1 Å². The van der Waals surface area contributed by atoms with Crippen molar-refractivity contribution in [3.8, 4) is 11.1 Å². The highest BCUT2D eigenvalue weighted by Gasteiger charge is 2.22. The lowest BCUT2D eigenvalue weighted by Gasteiger charge is -2.19. The molecule has 2 amide bonds. The third-order valence-corrected chi connectivity index (χ3v) is 6.02. The van der Waals surface area contributed by atoms with Crippen LogP contribution in [0, 0.1) is 0 Å². The van der Waals surface area contributed by atoms with Gasteiger partial charge in [0.1, 0.15) is 6.29 Å². The molecule has 1 heterocycles. The van der Waals surface area contributed by atoms with E-state index in [9.17, 15) is 19.5 Å². The molecule has 0 radical (unpaired) electrons. The van der Waals surface area contributed by atoms with Gasteiger partial charge >= 0.3 is 6.09 Å². The Balaban J connectivity index is 1.72. The third-order valence-electron chi connectivity index (χ3n) is 5.66. The second kappa shape index (κ2) is 10.4. The number of halogens is 1. The molecule has 0 bridgehead atoms. The van der Waals surface area contributed by atoms with Crippen molar-refractivity contribution >= 4 is 35.6 Å². The number of hydrogen-bond donors (Lipinski definition) is 1. The summed E-state index contributed by atoms with van der Waals surface area (Å²) in [6, 6.07) is 11.9. The molecule has 2 aromatic rings. The predicted octanol–water partition coefficient (Wildman–Crippen LogP) is 4.81. The topological polar surface area (TPSA) is 77.9 Å². The molecule has 1 aliphatic rings. The van der Waals surface area contributed by atoms with E-state index < -0.39 is 6.09 Å². The molecule has 0 aromatic heterocycles. The lowest BCUT2D eigenvalue weighted by molar-refractivity contribution is -0.116. The molecule has 0 unspecified atom stereocenters. The number of benzene rings is 2. The third kappa shape index (κ3) is 5.64. The lowest BCUT2D eigenvalue weighted by atomic mass is 9.99. The number of hydrogen-bond acceptors (Lipinski definition) is 3. The Hall–Kier alpha value is -2.86. The summed E-state index contributed by atoms with van der Waals surface area (Å²) in [5, 5.41) is 10.1. The molecular weight excluding hydrogens is 416 g/mol. The molecule has 0 saturated heterocycles. The normalized spacial score (nSPS) is 12.5. The van der Waals surface area contributed by atoms with Crippen LogP contribution in [0.15, 0.2) is 36.4 Å². The SMILES string of the molecule is CC(=O)N1CCc2cc(-c3ccc(Cl)c(CCN(CCCCC=O)C(=O)O)c3)ccc21. The van der Waals surface area contributed by atoms with Gasteiger partial charge in [0.2, 0.25) is 5.91 Å². The number of carbonyl (C=O) groups excluding carboxylic acids is 2. The second-order valence-corrected chi connectivity index (χ2v) is 8.16. The molecule has 0 fully saturated rings. The monoisotopic (exact) mass is 442 g/mol. The fourth-order valence-electron chi connectivity index (χ4n) is 3.94. The number of nitrogens with zero attached hydrogens (tertiary/aromatic N) is 2. The Kier molecular flexibility index (Phi) is 7.69. The van der Waals surface area contributed by atoms with Gasteiger partial charge < -0.3 is 19.7 Å². The lowest BCUT2D eigenvalue weighted by Crippen LogP contribution is -2.32. The van der Waals surface area contributed by atoms with E-state index in [1.165, 1.54) is 4.90 Å². The fourth-order valence-corrected chi connectivity index (χ4v) is 4.16. The zero-order valence-electron chi connectivity index (χ0n) is 17.6. The highest BCUT2D eigenvalue weighted by atomic mass is 35.5. The fraction of sp³-hybridized carbons (Fsp3) is 0.375. The highest BCUT2D eigenvalue weighted by molar-refractivity contribution is 6.31. The van der Waals surface area contributed by atoms with E-state index in [-0.39, 0.29) is 5.91 Å². The minimum absolute atomic E-state index is 0.0504. The first-order valence-electron chi connectivity index (χ1n) is 10.5. The minimum atomic E-state index is -0.966. The number of anilines is 1. The van der Waals surface area contributed by atoms with E-state index in [2.05, 4.69) is 6.07 Å². The number of fused-ring (bicyclic) bond motifs is 1. The van der Waals surface area contributed by atoms with Crippen LogP contribution in [0.3, 0.4) is 0 Å². The van der Waals surface area contributed by atoms with Crippen molar-refractivity contribution in [1.82, 2.24) is 4.90 Å². The molecule has 0 atom stereocenters. The molecule has 0 saturated carbocycles. The molecule has 1 aliphatic heterocycles. The summed E-state index contributed by atoms with van der Waals surface area (Å²) in [4.78, 5) is 36.9. The van der Waals surface area contributed by atoms with Gasteiger partial charge in [0, 0.05) is 43.7 Å². The number of amides is 2. The predicted molar refractivity (Wildman–Crippen MR) is 122 cm³/mol. The maximum absolute atomic E-state index is 11.8. The molecule has 2 aromatic carbocycles. The van der Waals surface area contributed by atoms with E-state index in [0.29, 0.717) is 50.3 Å². The van der Waals surface area contributed by atoms with Crippen molar-refractivity contribution in [1.29, 1.82) is 0 Å². The Bertz CT molecular complexity index is 976. The zero-order chi connectivity index (χ0) is 22.4. The van der Waals surface area contributed by atoms with Crippen LogP contribution in [-0.4, -0.2) is 47.9 Å². The van der Waals surface area contributed by atoms with Crippen LogP contribution < -0.4 is 4.90 Å². The molecule has 3 rings (SSSR count). The van der Waals surface area contributed by atoms with Crippen molar-refractivity contribution in [2.75, 3.05) is 24.5 Å². The van der Waals surface area contributed by atoms with Gasteiger partial charge in [-0.1, -0.05) is 23.7 Å². The van der Waals surface area contributed by atoms with Crippen LogP contribution in [0.4, 0.5) is 10.5 Å². The average Bonchev–Trinajstić information content (AvgIpc) is 3.17. The first-order valence-corrected chi connectivity index (χ1v) is 10.9. The van der Waals surface area contributed by atoms with Crippen molar-refractivity contribution in [2.24, 2.45) is 0 Å². The van der Waals surface area contributed by atoms with Crippen LogP contribution >= 0.6 is 11.6 Å². The standard InChI is InChI=1S/C24H27ClN2O4/c1-17(29)27-13-10-21-16-19(6-8-23(21)27)18-5-7-22(25)20(15-18)9-12-26(24(30)31)11-3-2-4-14-28/h5-8,14-16H,2-4,9-13H2,1H3,(H,30,31). The molecule has 1 N–H and O–H groups in total. The van der Waals surface area contributed by atoms with Crippen LogP contribution in [-0.2, 0) is 22.4 Å². The number of rotatable bonds is 9. The zero-order valence-corrected chi connectivity index (χ0v) is 18.4. The summed E-state index contributed by atoms with van der Waals surface area (Å²) in [6.07, 6.45) is 3.02. The van der Waals surface area contributed by atoms with Crippen molar-refractivity contribution in [2.45, 2.75) is 39.0 Å². The van der Waals surface area contributed by atoms with Crippen LogP contribution in [0.1, 0.15) is 37.3 Å². The maximum atomic E-state index is 11.8. The average molecular weight is 443 g/mol. The van der Waals surface area contributed by atoms with Crippen molar-refractivity contribution in [3.63, 3.8) is 0 Å². The Labute approximate surface area is 187 Å². The van der Waals surface area contributed by atoms with Crippen LogP contribution in [0.2, 0.25) is 5.02 Å². The molecular formula is C24H27ClN2O4. The number of unbranched alkanes of at least 4 members (excludes halogenated alkanes) is 2. The van der Waals surface area contributed by atoms with Crippen LogP contribution in [0.5, 0.6) is 0 Å². The van der Waals surface area contributed by atoms with Gasteiger partial charge in [0.15, 0.2) is 0 Å². The van der Waals surface area contributed by atoms with E-state index in [4.69, 9.17) is 11.6 Å². The summed E-state index contributed by atoms with van der Waals surface area (Å²) in [5.41, 5.74) is 5.07. The summed E-state index contributed by atoms with van der Waals surface area (Å²) < 4.78 is 0. The quantitative estimate of drug-likeness (QED) is 0.446. The smallest absolute Gasteiger partial charge is 0.407 e. The van der Waals surface area contributed by atoms with Crippen molar-refractivity contribution in [3.05, 3.63) is 52.5 Å². The summed E-state index contributed by atoms with van der Waals surface area (Å²) in [6.45, 7) is 3.03. The van der Waals surface area contributed by atoms with Gasteiger partial charge in [-0.2, -0.15) is 0 Å². The molecule has 31 heavy (non-hydrogen) atoms. The van der Waals surface area contributed by atoms with Gasteiger partial charge in [-0.3, -0.25) is 4.79 Å². The van der Waals surface area contributed by atoms with Gasteiger partial charge in [-0.05, 0) is 72.2 Å². The largest absolute Gasteiger partial charge is 0.465 e. The summed E-state index contributed by atoms with van der Waals surface area (Å²) in [7, 11) is 0. The first kappa shape index (κ1) is 22.8. The van der Waals surface area contributed by atoms with Gasteiger partial charge in [-0.15, -0.1) is 0 Å². The van der Waals surface area contributed by atoms with Gasteiger partial charge in [-0.25, -0.2) is 4.79 Å². The van der Waals surface area contributed by atoms with Gasteiger partial charge in [0.05, 0.1) is 0 Å². The Morgan fingerprint density at radius 2 is 1.87 bits per heavy atom. The van der Waals surface area contributed by atoms with Crippen molar-refractivity contribution < 1.29 is 19.5 Å². The Morgan fingerprint density at radius 1 is 1.13 bits per heavy atom. The summed E-state index contributed by atoms with van der Waals surface area (Å²) >= 11 is 6.39. The number of carboxylic acid groups (broad SMARTS) is 1. The second-order valence-electron chi connectivity index (χ2n) is 7.75. The molecule has 0 spiro atoms. The summed E-state index contributed by atoms with van der Waals surface area (Å²) in [5.74, 6) is 0.0504. The Morgan fingerprint density at radius 3 is 2.58 bits per heavy atom. The van der Waals surface area contributed by atoms with Gasteiger partial charge in [0.25, 0.3) is 0 Å². The molecule has 6 nitrogen and oxygen atoms in total. The molecule has 0 aliphatic carbocycles. The molecule has 164 valence electrons. The number of aldehydes is 1. The van der Waals surface area contributed by atoms with E-state index in [1.807, 2.05) is 30.3 Å². The molecule has 7 heteroatoms. The van der Waals surface area contributed by atoms with E-state index >= 15 is 0 Å². The minimum Gasteiger partial charge on any atom is -0.465 e. The van der Waals surface area contributed by atoms with E-state index in [1.54, 1.807) is 11.8 Å². The highest BCUT2D eigenvalue weighted by Crippen LogP contribution is 2.33. The maximum Gasteiger partial charge on any atom is 0.407 e. The van der Waals surface area contributed by atoms with E-state index in [0.717, 1.165) is 40.6 Å². The number of carbonyl (C=O) groups is 3.